The molecule has 1 heterocycles. The van der Waals surface area contributed by atoms with Crippen LogP contribution in [0.4, 0.5) is 0 Å². The van der Waals surface area contributed by atoms with Gasteiger partial charge in [0.05, 0.1) is 5.02 Å². The molecule has 0 aliphatic heterocycles. The molecule has 1 rings (SSSR count). The van der Waals surface area contributed by atoms with E-state index in [1.54, 1.807) is 13.2 Å². The molecule has 0 aliphatic rings. The Morgan fingerprint density at radius 1 is 1.48 bits per heavy atom. The van der Waals surface area contributed by atoms with E-state index in [1.165, 1.54) is 29.4 Å². The van der Waals surface area contributed by atoms with Gasteiger partial charge in [0.25, 0.3) is 5.91 Å². The van der Waals surface area contributed by atoms with E-state index in [0.717, 1.165) is 0 Å². The molecule has 0 saturated heterocycles. The fourth-order valence-electron chi connectivity index (χ4n) is 1.84. The first-order valence-electron chi connectivity index (χ1n) is 6.34. The topological polar surface area (TPSA) is 91.6 Å². The molecule has 0 spiro atoms. The van der Waals surface area contributed by atoms with E-state index < -0.39 is 17.9 Å². The number of nitrogens with one attached hydrogen (secondary N) is 1. The van der Waals surface area contributed by atoms with Crippen LogP contribution in [0.2, 0.25) is 5.02 Å². The zero-order valence-corrected chi connectivity index (χ0v) is 12.8. The normalized spacial score (nSPS) is 11.8. The number of nitrogens with zero attached hydrogens (tertiary/aromatic N) is 2. The summed E-state index contributed by atoms with van der Waals surface area (Å²) in [6.45, 7) is 3.04. The third-order valence-corrected chi connectivity index (χ3v) is 3.21. The smallest absolute Gasteiger partial charge is 0.326 e. The molecular weight excluding hydrogens is 298 g/mol. The number of carboxylic acid groups (broad SMARTS) is 1. The minimum absolute atomic E-state index is 0.0919. The summed E-state index contributed by atoms with van der Waals surface area (Å²) in [5.41, 5.74) is 0.288. The minimum atomic E-state index is -1.12. The molecule has 2 N–H and O–H groups in total. The summed E-state index contributed by atoms with van der Waals surface area (Å²) in [7, 11) is 1.65. The fraction of sp³-hybridized carbons (Fsp3) is 0.462. The highest BCUT2D eigenvalue weighted by atomic mass is 35.5. The van der Waals surface area contributed by atoms with Crippen molar-refractivity contribution in [3.63, 3.8) is 0 Å². The van der Waals surface area contributed by atoms with Crippen LogP contribution in [0, 0.1) is 0 Å². The van der Waals surface area contributed by atoms with Gasteiger partial charge in [0.1, 0.15) is 11.7 Å². The number of rotatable bonds is 6. The van der Waals surface area contributed by atoms with Crippen molar-refractivity contribution in [2.75, 3.05) is 13.1 Å². The van der Waals surface area contributed by atoms with E-state index in [0.29, 0.717) is 5.02 Å². The van der Waals surface area contributed by atoms with Crippen LogP contribution in [0.1, 0.15) is 24.3 Å². The van der Waals surface area contributed by atoms with E-state index in [9.17, 15) is 14.4 Å². The summed E-state index contributed by atoms with van der Waals surface area (Å²) >= 11 is 5.84. The van der Waals surface area contributed by atoms with Crippen LogP contribution in [0.15, 0.2) is 12.3 Å². The van der Waals surface area contributed by atoms with Gasteiger partial charge >= 0.3 is 5.97 Å². The summed E-state index contributed by atoms with van der Waals surface area (Å²) in [6.07, 6.45) is 1.56. The number of halogens is 1. The lowest BCUT2D eigenvalue weighted by Gasteiger charge is -2.26. The van der Waals surface area contributed by atoms with Gasteiger partial charge in [0, 0.05) is 33.3 Å². The van der Waals surface area contributed by atoms with Crippen molar-refractivity contribution < 1.29 is 19.5 Å². The van der Waals surface area contributed by atoms with Gasteiger partial charge in [0.15, 0.2) is 0 Å². The number of carbonyl (C=O) groups excluding carboxylic acids is 2. The first-order valence-corrected chi connectivity index (χ1v) is 6.72. The zero-order valence-electron chi connectivity index (χ0n) is 12.1. The summed E-state index contributed by atoms with van der Waals surface area (Å²) in [5.74, 6) is -1.82. The number of carboxylic acids is 1. The molecule has 1 unspecified atom stereocenters. The van der Waals surface area contributed by atoms with Crippen molar-refractivity contribution in [1.82, 2.24) is 14.8 Å². The lowest BCUT2D eigenvalue weighted by molar-refractivity contribution is -0.141. The molecule has 7 nitrogen and oxygen atoms in total. The molecule has 1 aromatic heterocycles. The Labute approximate surface area is 127 Å². The van der Waals surface area contributed by atoms with Gasteiger partial charge in [-0.15, -0.1) is 0 Å². The number of hydrogen-bond donors (Lipinski definition) is 2. The summed E-state index contributed by atoms with van der Waals surface area (Å²) in [6, 6.07) is 0.462. The second kappa shape index (κ2) is 7.12. The average molecular weight is 316 g/mol. The Morgan fingerprint density at radius 3 is 2.52 bits per heavy atom. The maximum atomic E-state index is 12.5. The molecule has 0 aliphatic carbocycles. The Balaban J connectivity index is 2.94. The van der Waals surface area contributed by atoms with Gasteiger partial charge < -0.3 is 19.9 Å². The van der Waals surface area contributed by atoms with Crippen molar-refractivity contribution >= 4 is 29.4 Å². The van der Waals surface area contributed by atoms with Crippen LogP contribution >= 0.6 is 11.6 Å². The Kier molecular flexibility index (Phi) is 5.78. The third-order valence-electron chi connectivity index (χ3n) is 3.00. The molecule has 0 fully saturated rings. The van der Waals surface area contributed by atoms with Gasteiger partial charge in [0.2, 0.25) is 5.91 Å². The van der Waals surface area contributed by atoms with Crippen LogP contribution in [-0.2, 0) is 16.6 Å². The first-order chi connectivity index (χ1) is 9.73. The third kappa shape index (κ3) is 4.49. The van der Waals surface area contributed by atoms with Gasteiger partial charge in [-0.2, -0.15) is 0 Å². The molecule has 0 aromatic carbocycles. The number of aryl methyl sites for hydroxylation is 1. The molecule has 21 heavy (non-hydrogen) atoms. The Hall–Kier alpha value is -2.02. The lowest BCUT2D eigenvalue weighted by Crippen LogP contribution is -2.47. The molecule has 116 valence electrons. The highest BCUT2D eigenvalue weighted by molar-refractivity contribution is 6.31. The number of carbonyl (C=O) groups is 3. The molecule has 0 radical (unpaired) electrons. The van der Waals surface area contributed by atoms with Crippen LogP contribution in [-0.4, -0.2) is 51.5 Å². The van der Waals surface area contributed by atoms with Gasteiger partial charge in [-0.1, -0.05) is 11.6 Å². The van der Waals surface area contributed by atoms with Crippen LogP contribution in [0.25, 0.3) is 0 Å². The van der Waals surface area contributed by atoms with Crippen molar-refractivity contribution in [3.05, 3.63) is 23.0 Å². The Morgan fingerprint density at radius 2 is 2.10 bits per heavy atom. The molecule has 2 amide bonds. The molecular formula is C13H18ClN3O4. The highest BCUT2D eigenvalue weighted by Crippen LogP contribution is 2.16. The second-order valence-corrected chi connectivity index (χ2v) is 5.09. The van der Waals surface area contributed by atoms with Crippen LogP contribution in [0.5, 0.6) is 0 Å². The van der Waals surface area contributed by atoms with Crippen molar-refractivity contribution in [2.45, 2.75) is 19.9 Å². The van der Waals surface area contributed by atoms with E-state index in [2.05, 4.69) is 5.32 Å². The zero-order chi connectivity index (χ0) is 16.2. The molecule has 1 atom stereocenters. The lowest BCUT2D eigenvalue weighted by atomic mass is 10.2. The van der Waals surface area contributed by atoms with Crippen LogP contribution < -0.4 is 5.32 Å². The van der Waals surface area contributed by atoms with Crippen LogP contribution in [0.3, 0.4) is 0 Å². The molecule has 1 aromatic rings. The minimum Gasteiger partial charge on any atom is -0.480 e. The predicted octanol–water partition coefficient (Wildman–Crippen LogP) is 0.730. The van der Waals surface area contributed by atoms with Gasteiger partial charge in [-0.05, 0) is 13.0 Å². The largest absolute Gasteiger partial charge is 0.480 e. The molecule has 8 heteroatoms. The van der Waals surface area contributed by atoms with E-state index in [4.69, 9.17) is 16.7 Å². The quantitative estimate of drug-likeness (QED) is 0.809. The maximum absolute atomic E-state index is 12.5. The SMILES string of the molecule is CC(=O)NCCN(C(=O)c1cc(Cl)cn1C)C(C)C(=O)O. The van der Waals surface area contributed by atoms with E-state index >= 15 is 0 Å². The highest BCUT2D eigenvalue weighted by Gasteiger charge is 2.27. The van der Waals surface area contributed by atoms with E-state index in [-0.39, 0.29) is 24.7 Å². The predicted molar refractivity (Wildman–Crippen MR) is 77.2 cm³/mol. The number of aliphatic carboxylic acids is 1. The van der Waals surface area contributed by atoms with Crippen molar-refractivity contribution in [1.29, 1.82) is 0 Å². The number of aromatic nitrogens is 1. The summed E-state index contributed by atoms with van der Waals surface area (Å²) in [4.78, 5) is 35.7. The van der Waals surface area contributed by atoms with Gasteiger partial charge in [-0.3, -0.25) is 9.59 Å². The monoisotopic (exact) mass is 315 g/mol. The standard InChI is InChI=1S/C13H18ClN3O4/c1-8(13(20)21)17(5-4-15-9(2)18)12(19)11-6-10(14)7-16(11)3/h6-8H,4-5H2,1-3H3,(H,15,18)(H,20,21). The fourth-order valence-corrected chi connectivity index (χ4v) is 2.09. The second-order valence-electron chi connectivity index (χ2n) is 4.65. The Bertz CT molecular complexity index is 556. The molecule has 0 saturated carbocycles. The maximum Gasteiger partial charge on any atom is 0.326 e. The number of hydrogen-bond acceptors (Lipinski definition) is 3. The van der Waals surface area contributed by atoms with Crippen molar-refractivity contribution in [2.24, 2.45) is 7.05 Å². The molecule has 0 bridgehead atoms. The average Bonchev–Trinajstić information content (AvgIpc) is 2.72. The number of amides is 2. The van der Waals surface area contributed by atoms with E-state index in [1.807, 2.05) is 0 Å². The summed E-state index contributed by atoms with van der Waals surface area (Å²) < 4.78 is 1.53. The summed E-state index contributed by atoms with van der Waals surface area (Å²) in [5, 5.41) is 12.0. The van der Waals surface area contributed by atoms with Gasteiger partial charge in [-0.25, -0.2) is 4.79 Å². The first kappa shape index (κ1) is 17.0. The van der Waals surface area contributed by atoms with Crippen molar-refractivity contribution in [3.8, 4) is 0 Å².